The van der Waals surface area contributed by atoms with Crippen molar-refractivity contribution in [3.8, 4) is 0 Å². The van der Waals surface area contributed by atoms with E-state index in [9.17, 15) is 19.7 Å². The third-order valence-electron chi connectivity index (χ3n) is 3.72. The lowest BCUT2D eigenvalue weighted by Crippen LogP contribution is -2.32. The van der Waals surface area contributed by atoms with Crippen LogP contribution in [0.15, 0.2) is 54.7 Å². The number of amides is 2. The van der Waals surface area contributed by atoms with Crippen molar-refractivity contribution in [3.05, 3.63) is 75.4 Å². The van der Waals surface area contributed by atoms with E-state index < -0.39 is 16.7 Å². The third kappa shape index (κ3) is 4.18. The van der Waals surface area contributed by atoms with Crippen molar-refractivity contribution in [3.63, 3.8) is 0 Å². The largest absolute Gasteiger partial charge is 0.343 e. The summed E-state index contributed by atoms with van der Waals surface area (Å²) in [7, 11) is 0. The van der Waals surface area contributed by atoms with Crippen molar-refractivity contribution in [2.24, 2.45) is 0 Å². The van der Waals surface area contributed by atoms with Crippen LogP contribution in [-0.2, 0) is 4.79 Å². The van der Waals surface area contributed by atoms with Gasteiger partial charge in [0.25, 0.3) is 11.6 Å². The van der Waals surface area contributed by atoms with Crippen molar-refractivity contribution in [1.29, 1.82) is 0 Å². The molecule has 0 saturated carbocycles. The van der Waals surface area contributed by atoms with Crippen LogP contribution in [0.2, 0.25) is 5.02 Å². The molecule has 0 radical (unpaired) electrons. The Balaban J connectivity index is 1.66. The molecule has 0 fully saturated rings. The normalized spacial score (nSPS) is 10.4. The second-order valence-electron chi connectivity index (χ2n) is 5.53. The van der Waals surface area contributed by atoms with E-state index in [-0.39, 0.29) is 22.8 Å². The number of nitrogens with zero attached hydrogens (tertiary/aromatic N) is 2. The first-order valence-electron chi connectivity index (χ1n) is 7.81. The molecular formula is C18H13ClN4O4. The van der Waals surface area contributed by atoms with Gasteiger partial charge in [-0.05, 0) is 24.3 Å². The maximum atomic E-state index is 12.1. The SMILES string of the molecule is O=C(CNC(=O)c1ccc(Cl)c([N+](=O)[O-])c1)Nc1cccc2cccnc12. The number of halogens is 1. The van der Waals surface area contributed by atoms with Crippen LogP contribution in [0.1, 0.15) is 10.4 Å². The number of benzene rings is 2. The Bertz CT molecular complexity index is 1050. The summed E-state index contributed by atoms with van der Waals surface area (Å²) in [5, 5.41) is 16.8. The topological polar surface area (TPSA) is 114 Å². The Morgan fingerprint density at radius 1 is 1.15 bits per heavy atom. The highest BCUT2D eigenvalue weighted by molar-refractivity contribution is 6.32. The molecule has 9 heteroatoms. The van der Waals surface area contributed by atoms with Crippen LogP contribution in [-0.4, -0.2) is 28.3 Å². The van der Waals surface area contributed by atoms with E-state index in [0.717, 1.165) is 11.5 Å². The van der Waals surface area contributed by atoms with Gasteiger partial charge in [0.1, 0.15) is 5.02 Å². The van der Waals surface area contributed by atoms with Crippen molar-refractivity contribution in [2.45, 2.75) is 0 Å². The fourth-order valence-electron chi connectivity index (χ4n) is 2.46. The number of nitrogens with one attached hydrogen (secondary N) is 2. The highest BCUT2D eigenvalue weighted by atomic mass is 35.5. The number of nitro benzene ring substituents is 1. The summed E-state index contributed by atoms with van der Waals surface area (Å²) >= 11 is 5.72. The number of rotatable bonds is 5. The zero-order chi connectivity index (χ0) is 19.4. The summed E-state index contributed by atoms with van der Waals surface area (Å²) in [6.07, 6.45) is 1.62. The third-order valence-corrected chi connectivity index (χ3v) is 4.04. The molecule has 136 valence electrons. The van der Waals surface area contributed by atoms with Crippen LogP contribution < -0.4 is 10.6 Å². The minimum Gasteiger partial charge on any atom is -0.343 e. The van der Waals surface area contributed by atoms with Crippen LogP contribution in [0, 0.1) is 10.1 Å². The molecule has 2 N–H and O–H groups in total. The zero-order valence-corrected chi connectivity index (χ0v) is 14.6. The molecule has 0 aliphatic carbocycles. The van der Waals surface area contributed by atoms with Gasteiger partial charge in [-0.1, -0.05) is 29.8 Å². The van der Waals surface area contributed by atoms with Gasteiger partial charge >= 0.3 is 0 Å². The van der Waals surface area contributed by atoms with Crippen LogP contribution in [0.3, 0.4) is 0 Å². The smallest absolute Gasteiger partial charge is 0.288 e. The second-order valence-corrected chi connectivity index (χ2v) is 5.94. The maximum absolute atomic E-state index is 12.1. The lowest BCUT2D eigenvalue weighted by molar-refractivity contribution is -0.384. The molecule has 2 aromatic carbocycles. The van der Waals surface area contributed by atoms with Crippen LogP contribution >= 0.6 is 11.6 Å². The number of hydrogen-bond donors (Lipinski definition) is 2. The van der Waals surface area contributed by atoms with E-state index in [1.807, 2.05) is 12.1 Å². The minimum atomic E-state index is -0.681. The van der Waals surface area contributed by atoms with E-state index in [2.05, 4.69) is 15.6 Å². The van der Waals surface area contributed by atoms with E-state index >= 15 is 0 Å². The summed E-state index contributed by atoms with van der Waals surface area (Å²) in [5.41, 5.74) is 0.809. The number of carbonyl (C=O) groups excluding carboxylic acids is 2. The van der Waals surface area contributed by atoms with E-state index in [1.54, 1.807) is 24.4 Å². The summed E-state index contributed by atoms with van der Waals surface area (Å²) < 4.78 is 0. The first-order valence-corrected chi connectivity index (χ1v) is 8.19. The number of carbonyl (C=O) groups is 2. The van der Waals surface area contributed by atoms with Crippen LogP contribution in [0.4, 0.5) is 11.4 Å². The molecule has 0 atom stereocenters. The maximum Gasteiger partial charge on any atom is 0.288 e. The van der Waals surface area contributed by atoms with Gasteiger partial charge in [-0.25, -0.2) is 0 Å². The molecule has 1 aromatic heterocycles. The van der Waals surface area contributed by atoms with Crippen molar-refractivity contribution in [2.75, 3.05) is 11.9 Å². The monoisotopic (exact) mass is 384 g/mol. The predicted octanol–water partition coefficient (Wildman–Crippen LogP) is 3.16. The number of para-hydroxylation sites is 1. The number of pyridine rings is 1. The molecule has 0 bridgehead atoms. The minimum absolute atomic E-state index is 0.0331. The molecule has 3 rings (SSSR count). The lowest BCUT2D eigenvalue weighted by atomic mass is 10.2. The van der Waals surface area contributed by atoms with Crippen molar-refractivity contribution >= 4 is 45.7 Å². The molecule has 0 saturated heterocycles. The summed E-state index contributed by atoms with van der Waals surface area (Å²) in [6, 6.07) is 12.7. The highest BCUT2D eigenvalue weighted by Crippen LogP contribution is 2.25. The molecule has 8 nitrogen and oxygen atoms in total. The Labute approximate surface area is 158 Å². The molecule has 3 aromatic rings. The average Bonchev–Trinajstić information content (AvgIpc) is 2.66. The van der Waals surface area contributed by atoms with Crippen LogP contribution in [0.25, 0.3) is 10.9 Å². The first-order chi connectivity index (χ1) is 13.0. The number of aromatic nitrogens is 1. The molecule has 0 unspecified atom stereocenters. The molecule has 27 heavy (non-hydrogen) atoms. The Morgan fingerprint density at radius 3 is 2.70 bits per heavy atom. The van der Waals surface area contributed by atoms with Gasteiger partial charge in [0.2, 0.25) is 5.91 Å². The number of anilines is 1. The van der Waals surface area contributed by atoms with Gasteiger partial charge in [-0.2, -0.15) is 0 Å². The first kappa shape index (κ1) is 18.3. The zero-order valence-electron chi connectivity index (χ0n) is 13.8. The van der Waals surface area contributed by atoms with Crippen molar-refractivity contribution in [1.82, 2.24) is 10.3 Å². The van der Waals surface area contributed by atoms with E-state index in [0.29, 0.717) is 11.2 Å². The van der Waals surface area contributed by atoms with Gasteiger partial charge in [0, 0.05) is 23.2 Å². The van der Waals surface area contributed by atoms with Gasteiger partial charge in [0.15, 0.2) is 0 Å². The summed E-state index contributed by atoms with van der Waals surface area (Å²) in [6.45, 7) is -0.307. The lowest BCUT2D eigenvalue weighted by Gasteiger charge is -2.09. The number of hydrogen-bond acceptors (Lipinski definition) is 5. The fraction of sp³-hybridized carbons (Fsp3) is 0.0556. The number of nitro groups is 1. The van der Waals surface area contributed by atoms with Gasteiger partial charge in [-0.15, -0.1) is 0 Å². The Morgan fingerprint density at radius 2 is 1.93 bits per heavy atom. The Kier molecular flexibility index (Phi) is 5.28. The molecule has 0 spiro atoms. The standard InChI is InChI=1S/C18H13ClN4O4/c19-13-7-6-12(9-15(13)23(26)27)18(25)21-10-16(24)22-14-5-1-3-11-4-2-8-20-17(11)14/h1-9H,10H2,(H,21,25)(H,22,24). The van der Waals surface area contributed by atoms with Crippen LogP contribution in [0.5, 0.6) is 0 Å². The molecule has 0 aliphatic rings. The molecule has 1 heterocycles. The van der Waals surface area contributed by atoms with Gasteiger partial charge in [-0.3, -0.25) is 24.7 Å². The summed E-state index contributed by atoms with van der Waals surface area (Å²) in [4.78, 5) is 38.7. The quantitative estimate of drug-likeness (QED) is 0.518. The van der Waals surface area contributed by atoms with E-state index in [4.69, 9.17) is 11.6 Å². The van der Waals surface area contributed by atoms with Gasteiger partial charge in [0.05, 0.1) is 22.7 Å². The van der Waals surface area contributed by atoms with E-state index in [1.165, 1.54) is 12.1 Å². The van der Waals surface area contributed by atoms with Gasteiger partial charge < -0.3 is 10.6 Å². The second kappa shape index (κ2) is 7.79. The van der Waals surface area contributed by atoms with Crippen molar-refractivity contribution < 1.29 is 14.5 Å². The fourth-order valence-corrected chi connectivity index (χ4v) is 2.64. The predicted molar refractivity (Wildman–Crippen MR) is 101 cm³/mol. The highest BCUT2D eigenvalue weighted by Gasteiger charge is 2.17. The molecule has 2 amide bonds. The summed E-state index contributed by atoms with van der Waals surface area (Å²) in [5.74, 6) is -1.08. The molecule has 0 aliphatic heterocycles. The molecular weight excluding hydrogens is 372 g/mol. The number of fused-ring (bicyclic) bond motifs is 1. The Hall–Kier alpha value is -3.52. The average molecular weight is 385 g/mol.